The molecular formula is C11H16Br2N2O4. The normalized spacial score (nSPS) is 10.9. The minimum atomic E-state index is -0.186. The summed E-state index contributed by atoms with van der Waals surface area (Å²) in [4.78, 5) is 11.8. The zero-order valence-electron chi connectivity index (χ0n) is 10.6. The van der Waals surface area contributed by atoms with Crippen LogP contribution in [-0.2, 0) is 20.8 Å². The lowest BCUT2D eigenvalue weighted by Gasteiger charge is -2.07. The standard InChI is InChI=1S/C11H16Br2N2O4/c1-17-4-5-19-7-6-18-3-2-15-11(16)10(13)9(12)8-14-15/h8H,2-7H2,1H3. The van der Waals surface area contributed by atoms with Gasteiger partial charge in [0.15, 0.2) is 0 Å². The first-order valence-electron chi connectivity index (χ1n) is 5.72. The van der Waals surface area contributed by atoms with E-state index < -0.39 is 0 Å². The molecule has 6 nitrogen and oxygen atoms in total. The van der Waals surface area contributed by atoms with Gasteiger partial charge < -0.3 is 14.2 Å². The lowest BCUT2D eigenvalue weighted by Crippen LogP contribution is -2.26. The summed E-state index contributed by atoms with van der Waals surface area (Å²) in [5, 5.41) is 4.00. The Morgan fingerprint density at radius 1 is 1.16 bits per heavy atom. The highest BCUT2D eigenvalue weighted by Crippen LogP contribution is 2.16. The first-order chi connectivity index (χ1) is 9.16. The molecule has 0 atom stereocenters. The molecule has 0 amide bonds. The van der Waals surface area contributed by atoms with Gasteiger partial charge in [0.05, 0.1) is 50.2 Å². The fourth-order valence-corrected chi connectivity index (χ4v) is 1.79. The Hall–Kier alpha value is -0.280. The van der Waals surface area contributed by atoms with Gasteiger partial charge in [-0.3, -0.25) is 4.79 Å². The molecule has 8 heteroatoms. The average Bonchev–Trinajstić information content (AvgIpc) is 2.41. The van der Waals surface area contributed by atoms with Crippen molar-refractivity contribution in [2.75, 3.05) is 40.1 Å². The molecular weight excluding hydrogens is 384 g/mol. The van der Waals surface area contributed by atoms with E-state index in [2.05, 4.69) is 37.0 Å². The van der Waals surface area contributed by atoms with Crippen molar-refractivity contribution in [3.8, 4) is 0 Å². The first kappa shape index (κ1) is 16.8. The van der Waals surface area contributed by atoms with Gasteiger partial charge >= 0.3 is 0 Å². The Balaban J connectivity index is 2.20. The van der Waals surface area contributed by atoms with E-state index in [1.54, 1.807) is 13.3 Å². The van der Waals surface area contributed by atoms with Crippen LogP contribution < -0.4 is 5.56 Å². The van der Waals surface area contributed by atoms with E-state index in [-0.39, 0.29) is 5.56 Å². The smallest absolute Gasteiger partial charge is 0.282 e. The van der Waals surface area contributed by atoms with E-state index in [4.69, 9.17) is 14.2 Å². The van der Waals surface area contributed by atoms with Crippen LogP contribution in [0.5, 0.6) is 0 Å². The van der Waals surface area contributed by atoms with Gasteiger partial charge in [0.1, 0.15) is 4.47 Å². The SMILES string of the molecule is COCCOCCOCCn1ncc(Br)c(Br)c1=O. The van der Waals surface area contributed by atoms with E-state index in [1.165, 1.54) is 4.68 Å². The second-order valence-electron chi connectivity index (χ2n) is 3.55. The Bertz CT molecular complexity index is 439. The molecule has 0 radical (unpaired) electrons. The van der Waals surface area contributed by atoms with E-state index in [1.807, 2.05) is 0 Å². The zero-order chi connectivity index (χ0) is 14.1. The van der Waals surface area contributed by atoms with Gasteiger partial charge in [-0.25, -0.2) is 4.68 Å². The van der Waals surface area contributed by atoms with Gasteiger partial charge in [-0.05, 0) is 31.9 Å². The maximum Gasteiger partial charge on any atom is 0.282 e. The number of ether oxygens (including phenoxy) is 3. The summed E-state index contributed by atoms with van der Waals surface area (Å²) in [6.45, 7) is 2.94. The Morgan fingerprint density at radius 2 is 1.79 bits per heavy atom. The van der Waals surface area contributed by atoms with Crippen LogP contribution in [-0.4, -0.2) is 49.9 Å². The number of hydrogen-bond donors (Lipinski definition) is 0. The Morgan fingerprint density at radius 3 is 2.47 bits per heavy atom. The first-order valence-corrected chi connectivity index (χ1v) is 7.31. The van der Waals surface area contributed by atoms with Crippen molar-refractivity contribution < 1.29 is 14.2 Å². The molecule has 0 aliphatic rings. The minimum Gasteiger partial charge on any atom is -0.382 e. The van der Waals surface area contributed by atoms with Crippen molar-refractivity contribution in [2.45, 2.75) is 6.54 Å². The molecule has 0 aromatic carbocycles. The molecule has 0 N–H and O–H groups in total. The Kier molecular flexibility index (Phi) is 8.47. The highest BCUT2D eigenvalue weighted by Gasteiger charge is 2.05. The van der Waals surface area contributed by atoms with Crippen molar-refractivity contribution in [3.05, 3.63) is 25.5 Å². The average molecular weight is 400 g/mol. The van der Waals surface area contributed by atoms with Gasteiger partial charge in [-0.2, -0.15) is 5.10 Å². The van der Waals surface area contributed by atoms with E-state index >= 15 is 0 Å². The monoisotopic (exact) mass is 398 g/mol. The summed E-state index contributed by atoms with van der Waals surface area (Å²) in [6.07, 6.45) is 1.57. The highest BCUT2D eigenvalue weighted by molar-refractivity contribution is 9.13. The molecule has 1 aromatic rings. The second kappa shape index (κ2) is 9.60. The van der Waals surface area contributed by atoms with Gasteiger partial charge in [0, 0.05) is 7.11 Å². The van der Waals surface area contributed by atoms with Crippen LogP contribution >= 0.6 is 31.9 Å². The number of hydrogen-bond acceptors (Lipinski definition) is 5. The molecule has 1 rings (SSSR count). The van der Waals surface area contributed by atoms with Crippen molar-refractivity contribution in [1.29, 1.82) is 0 Å². The number of rotatable bonds is 9. The number of nitrogens with zero attached hydrogens (tertiary/aromatic N) is 2. The highest BCUT2D eigenvalue weighted by atomic mass is 79.9. The van der Waals surface area contributed by atoms with E-state index in [9.17, 15) is 4.79 Å². The largest absolute Gasteiger partial charge is 0.382 e. The lowest BCUT2D eigenvalue weighted by molar-refractivity contribution is 0.0223. The van der Waals surface area contributed by atoms with E-state index in [0.29, 0.717) is 48.5 Å². The van der Waals surface area contributed by atoms with Crippen LogP contribution in [0.15, 0.2) is 19.9 Å². The quantitative estimate of drug-likeness (QED) is 0.588. The molecule has 19 heavy (non-hydrogen) atoms. The molecule has 1 aromatic heterocycles. The molecule has 1 heterocycles. The lowest BCUT2D eigenvalue weighted by atomic mass is 10.5. The molecule has 0 unspecified atom stereocenters. The third-order valence-electron chi connectivity index (χ3n) is 2.19. The molecule has 0 bridgehead atoms. The van der Waals surface area contributed by atoms with Crippen molar-refractivity contribution in [1.82, 2.24) is 9.78 Å². The zero-order valence-corrected chi connectivity index (χ0v) is 13.8. The van der Waals surface area contributed by atoms with Crippen LogP contribution in [0.3, 0.4) is 0 Å². The predicted molar refractivity (Wildman–Crippen MR) is 77.4 cm³/mol. The molecule has 0 saturated carbocycles. The van der Waals surface area contributed by atoms with Gasteiger partial charge in [-0.15, -0.1) is 0 Å². The molecule has 0 spiro atoms. The third-order valence-corrected chi connectivity index (χ3v) is 4.09. The minimum absolute atomic E-state index is 0.186. The topological polar surface area (TPSA) is 62.6 Å². The molecule has 0 saturated heterocycles. The fraction of sp³-hybridized carbons (Fsp3) is 0.636. The molecule has 0 aliphatic heterocycles. The predicted octanol–water partition coefficient (Wildman–Crippen LogP) is 1.45. The molecule has 0 fully saturated rings. The van der Waals surface area contributed by atoms with Crippen molar-refractivity contribution >= 4 is 31.9 Å². The van der Waals surface area contributed by atoms with E-state index in [0.717, 1.165) is 0 Å². The summed E-state index contributed by atoms with van der Waals surface area (Å²) in [5.74, 6) is 0. The fourth-order valence-electron chi connectivity index (χ4n) is 1.22. The molecule has 108 valence electrons. The summed E-state index contributed by atoms with van der Waals surface area (Å²) >= 11 is 6.42. The van der Waals surface area contributed by atoms with Gasteiger partial charge in [0.25, 0.3) is 5.56 Å². The number of halogens is 2. The Labute approximate surface area is 128 Å². The van der Waals surface area contributed by atoms with Crippen LogP contribution in [0.2, 0.25) is 0 Å². The summed E-state index contributed by atoms with van der Waals surface area (Å²) in [5.41, 5.74) is -0.186. The van der Waals surface area contributed by atoms with Crippen molar-refractivity contribution in [3.63, 3.8) is 0 Å². The van der Waals surface area contributed by atoms with Gasteiger partial charge in [-0.1, -0.05) is 0 Å². The second-order valence-corrected chi connectivity index (χ2v) is 5.20. The summed E-state index contributed by atoms with van der Waals surface area (Å²) < 4.78 is 17.9. The van der Waals surface area contributed by atoms with Crippen molar-refractivity contribution in [2.24, 2.45) is 0 Å². The molecule has 0 aliphatic carbocycles. The number of methoxy groups -OCH3 is 1. The third kappa shape index (κ3) is 6.13. The van der Waals surface area contributed by atoms with Crippen LogP contribution in [0.1, 0.15) is 0 Å². The van der Waals surface area contributed by atoms with Crippen LogP contribution in [0.25, 0.3) is 0 Å². The summed E-state index contributed by atoms with van der Waals surface area (Å²) in [6, 6.07) is 0. The summed E-state index contributed by atoms with van der Waals surface area (Å²) in [7, 11) is 1.63. The van der Waals surface area contributed by atoms with Gasteiger partial charge in [0.2, 0.25) is 0 Å². The maximum absolute atomic E-state index is 11.8. The van der Waals surface area contributed by atoms with Crippen LogP contribution in [0, 0.1) is 0 Å². The van der Waals surface area contributed by atoms with Crippen LogP contribution in [0.4, 0.5) is 0 Å². The maximum atomic E-state index is 11.8. The number of aromatic nitrogens is 2.